The summed E-state index contributed by atoms with van der Waals surface area (Å²) in [5.41, 5.74) is 1.17. The molecule has 2 N–H and O–H groups in total. The Morgan fingerprint density at radius 2 is 1.21 bits per heavy atom. The number of sulfone groups is 2. The molecular weight excluding hydrogens is 494 g/mol. The Bertz CT molecular complexity index is 1190. The number of aliphatic hydroxyl groups excluding tert-OH is 2. The van der Waals surface area contributed by atoms with Crippen LogP contribution in [-0.4, -0.2) is 64.1 Å². The molecule has 2 atom stereocenters. The van der Waals surface area contributed by atoms with E-state index in [1.807, 2.05) is 22.4 Å². The van der Waals surface area contributed by atoms with Crippen LogP contribution in [0.5, 0.6) is 0 Å². The lowest BCUT2D eigenvalue weighted by Gasteiger charge is -2.27. The van der Waals surface area contributed by atoms with Gasteiger partial charge in [0.1, 0.15) is 0 Å². The number of nitrogens with zero attached hydrogens (tertiary/aromatic N) is 1. The van der Waals surface area contributed by atoms with Gasteiger partial charge >= 0.3 is 0 Å². The summed E-state index contributed by atoms with van der Waals surface area (Å²) < 4.78 is 46.8. The van der Waals surface area contributed by atoms with E-state index in [-0.39, 0.29) is 22.9 Å². The predicted octanol–water partition coefficient (Wildman–Crippen LogP) is 2.87. The Hall–Kier alpha value is -2.08. The predicted molar refractivity (Wildman–Crippen MR) is 133 cm³/mol. The SMILES string of the molecule is CS(=O)(=O)c1ccc([C@@H](O)CN(CCc2cccs2)C[C@H](O)c2ccc(S(C)(=O)=O)cc2)cc1. The number of hydrogen-bond donors (Lipinski definition) is 2. The van der Waals surface area contributed by atoms with Gasteiger partial charge in [0, 0.05) is 37.0 Å². The molecule has 2 aromatic carbocycles. The van der Waals surface area contributed by atoms with Crippen molar-refractivity contribution in [1.29, 1.82) is 0 Å². The molecule has 184 valence electrons. The van der Waals surface area contributed by atoms with Gasteiger partial charge in [-0.1, -0.05) is 30.3 Å². The Balaban J connectivity index is 1.73. The third-order valence-electron chi connectivity index (χ3n) is 5.50. The fourth-order valence-electron chi connectivity index (χ4n) is 3.55. The quantitative estimate of drug-likeness (QED) is 0.397. The maximum absolute atomic E-state index is 11.7. The molecule has 7 nitrogen and oxygen atoms in total. The molecule has 0 aliphatic carbocycles. The van der Waals surface area contributed by atoms with E-state index in [9.17, 15) is 27.0 Å². The number of rotatable bonds is 11. The second kappa shape index (κ2) is 11.1. The average molecular weight is 524 g/mol. The summed E-state index contributed by atoms with van der Waals surface area (Å²) in [5, 5.41) is 23.6. The molecule has 1 heterocycles. The van der Waals surface area contributed by atoms with E-state index >= 15 is 0 Å². The van der Waals surface area contributed by atoms with E-state index < -0.39 is 31.9 Å². The molecule has 34 heavy (non-hydrogen) atoms. The Morgan fingerprint density at radius 1 is 0.765 bits per heavy atom. The van der Waals surface area contributed by atoms with Gasteiger partial charge in [-0.05, 0) is 53.3 Å². The van der Waals surface area contributed by atoms with Crippen LogP contribution in [0.4, 0.5) is 0 Å². The molecule has 1 aromatic heterocycles. The van der Waals surface area contributed by atoms with Gasteiger partial charge in [0.05, 0.1) is 22.0 Å². The van der Waals surface area contributed by atoms with Crippen molar-refractivity contribution < 1.29 is 27.0 Å². The zero-order valence-corrected chi connectivity index (χ0v) is 21.5. The Labute approximate surface area is 205 Å². The summed E-state index contributed by atoms with van der Waals surface area (Å²) in [4.78, 5) is 3.50. The first-order valence-electron chi connectivity index (χ1n) is 10.6. The van der Waals surface area contributed by atoms with Gasteiger partial charge in [-0.3, -0.25) is 4.90 Å². The first-order valence-corrected chi connectivity index (χ1v) is 15.3. The summed E-state index contributed by atoms with van der Waals surface area (Å²) >= 11 is 1.64. The normalized spacial score (nSPS) is 14.3. The van der Waals surface area contributed by atoms with Crippen LogP contribution in [0.15, 0.2) is 75.8 Å². The van der Waals surface area contributed by atoms with Crippen molar-refractivity contribution in [1.82, 2.24) is 4.90 Å². The molecule has 0 radical (unpaired) electrons. The third kappa shape index (κ3) is 7.46. The lowest BCUT2D eigenvalue weighted by Crippen LogP contribution is -2.34. The molecule has 10 heteroatoms. The highest BCUT2D eigenvalue weighted by atomic mass is 32.2. The Morgan fingerprint density at radius 3 is 1.56 bits per heavy atom. The van der Waals surface area contributed by atoms with E-state index in [4.69, 9.17) is 0 Å². The van der Waals surface area contributed by atoms with Crippen molar-refractivity contribution in [2.24, 2.45) is 0 Å². The van der Waals surface area contributed by atoms with Crippen LogP contribution in [0.2, 0.25) is 0 Å². The van der Waals surface area contributed by atoms with Crippen molar-refractivity contribution in [3.05, 3.63) is 82.0 Å². The standard InChI is InChI=1S/C24H29NO6S3/c1-33(28,29)21-9-5-18(6-10-21)23(26)16-25(14-13-20-4-3-15-32-20)17-24(27)19-7-11-22(12-8-19)34(2,30)31/h3-12,15,23-24,26-27H,13-14,16-17H2,1-2H3/t23-,24-/m0/s1. The zero-order chi connectivity index (χ0) is 24.9. The molecule has 0 aliphatic rings. The van der Waals surface area contributed by atoms with Gasteiger partial charge in [0.2, 0.25) is 0 Å². The second-order valence-corrected chi connectivity index (χ2v) is 13.4. The lowest BCUT2D eigenvalue weighted by molar-refractivity contribution is 0.0695. The molecule has 0 saturated carbocycles. The lowest BCUT2D eigenvalue weighted by atomic mass is 10.1. The maximum Gasteiger partial charge on any atom is 0.175 e. The van der Waals surface area contributed by atoms with E-state index in [0.717, 1.165) is 18.9 Å². The van der Waals surface area contributed by atoms with E-state index in [1.165, 1.54) is 29.1 Å². The molecule has 0 unspecified atom stereocenters. The summed E-state index contributed by atoms with van der Waals surface area (Å²) in [6.07, 6.45) is 1.26. The van der Waals surface area contributed by atoms with Crippen LogP contribution in [0.3, 0.4) is 0 Å². The fraction of sp³-hybridized carbons (Fsp3) is 0.333. The summed E-state index contributed by atoms with van der Waals surface area (Å²) in [5.74, 6) is 0. The van der Waals surface area contributed by atoms with Crippen LogP contribution in [0, 0.1) is 0 Å². The summed E-state index contributed by atoms with van der Waals surface area (Å²) in [6, 6.07) is 16.3. The van der Waals surface area contributed by atoms with Gasteiger partial charge in [0.15, 0.2) is 19.7 Å². The maximum atomic E-state index is 11.7. The van der Waals surface area contributed by atoms with Gasteiger partial charge in [-0.15, -0.1) is 11.3 Å². The van der Waals surface area contributed by atoms with Crippen molar-refractivity contribution >= 4 is 31.0 Å². The first kappa shape index (κ1) is 26.5. The monoisotopic (exact) mass is 523 g/mol. The number of benzene rings is 2. The second-order valence-electron chi connectivity index (χ2n) is 8.30. The number of thiophene rings is 1. The summed E-state index contributed by atoms with van der Waals surface area (Å²) in [6.45, 7) is 1.07. The van der Waals surface area contributed by atoms with E-state index in [1.54, 1.807) is 35.6 Å². The molecule has 0 bridgehead atoms. The van der Waals surface area contributed by atoms with Gasteiger partial charge in [-0.25, -0.2) is 16.8 Å². The van der Waals surface area contributed by atoms with Crippen molar-refractivity contribution in [3.63, 3.8) is 0 Å². The van der Waals surface area contributed by atoms with E-state index in [2.05, 4.69) is 0 Å². The Kier molecular flexibility index (Phi) is 8.66. The smallest absolute Gasteiger partial charge is 0.175 e. The highest BCUT2D eigenvalue weighted by molar-refractivity contribution is 7.91. The fourth-order valence-corrected chi connectivity index (χ4v) is 5.51. The van der Waals surface area contributed by atoms with Crippen molar-refractivity contribution in [3.8, 4) is 0 Å². The number of aliphatic hydroxyl groups is 2. The molecule has 0 aliphatic heterocycles. The van der Waals surface area contributed by atoms with Gasteiger partial charge in [0.25, 0.3) is 0 Å². The molecular formula is C24H29NO6S3. The molecule has 3 aromatic rings. The topological polar surface area (TPSA) is 112 Å². The largest absolute Gasteiger partial charge is 0.387 e. The van der Waals surface area contributed by atoms with Crippen LogP contribution in [-0.2, 0) is 26.1 Å². The average Bonchev–Trinajstić information content (AvgIpc) is 3.30. The van der Waals surface area contributed by atoms with Crippen molar-refractivity contribution in [2.75, 3.05) is 32.1 Å². The first-order chi connectivity index (χ1) is 15.9. The molecule has 0 spiro atoms. The van der Waals surface area contributed by atoms with Crippen LogP contribution < -0.4 is 0 Å². The van der Waals surface area contributed by atoms with Crippen LogP contribution in [0.25, 0.3) is 0 Å². The van der Waals surface area contributed by atoms with Gasteiger partial charge in [-0.2, -0.15) is 0 Å². The molecule has 0 fully saturated rings. The highest BCUT2D eigenvalue weighted by Crippen LogP contribution is 2.22. The van der Waals surface area contributed by atoms with E-state index in [0.29, 0.717) is 17.7 Å². The molecule has 3 rings (SSSR count). The number of hydrogen-bond acceptors (Lipinski definition) is 8. The molecule has 0 amide bonds. The highest BCUT2D eigenvalue weighted by Gasteiger charge is 2.19. The molecule has 0 saturated heterocycles. The van der Waals surface area contributed by atoms with Crippen LogP contribution >= 0.6 is 11.3 Å². The van der Waals surface area contributed by atoms with Crippen molar-refractivity contribution in [2.45, 2.75) is 28.4 Å². The summed E-state index contributed by atoms with van der Waals surface area (Å²) in [7, 11) is -6.65. The minimum absolute atomic E-state index is 0.186. The minimum atomic E-state index is -3.32. The zero-order valence-electron chi connectivity index (χ0n) is 19.0. The van der Waals surface area contributed by atoms with Gasteiger partial charge < -0.3 is 10.2 Å². The van der Waals surface area contributed by atoms with Crippen LogP contribution in [0.1, 0.15) is 28.2 Å². The minimum Gasteiger partial charge on any atom is -0.387 e. The third-order valence-corrected chi connectivity index (χ3v) is 8.70.